The summed E-state index contributed by atoms with van der Waals surface area (Å²) in [6, 6.07) is -0.558. The van der Waals surface area contributed by atoms with Crippen molar-refractivity contribution >= 4 is 23.6 Å². The van der Waals surface area contributed by atoms with Crippen molar-refractivity contribution in [1.29, 1.82) is 0 Å². The van der Waals surface area contributed by atoms with Crippen LogP contribution in [0.5, 0.6) is 0 Å². The Kier molecular flexibility index (Phi) is 6.13. The van der Waals surface area contributed by atoms with Crippen molar-refractivity contribution in [2.75, 3.05) is 19.3 Å². The Hall–Kier alpha value is -0.750. The smallest absolute Gasteiger partial charge is 0.239 e. The Morgan fingerprint density at radius 2 is 1.95 bits per heavy atom. The largest absolute Gasteiger partial charge is 0.353 e. The van der Waals surface area contributed by atoms with E-state index in [0.29, 0.717) is 6.54 Å². The van der Waals surface area contributed by atoms with Gasteiger partial charge in [-0.1, -0.05) is 20.3 Å². The van der Waals surface area contributed by atoms with Gasteiger partial charge < -0.3 is 16.4 Å². The van der Waals surface area contributed by atoms with E-state index in [9.17, 15) is 9.59 Å². The van der Waals surface area contributed by atoms with Crippen LogP contribution in [0.1, 0.15) is 33.1 Å². The average molecular weight is 287 g/mol. The first-order chi connectivity index (χ1) is 8.90. The number of hydrogen-bond acceptors (Lipinski definition) is 4. The van der Waals surface area contributed by atoms with Gasteiger partial charge in [-0.05, 0) is 25.0 Å². The van der Waals surface area contributed by atoms with E-state index in [0.717, 1.165) is 12.8 Å². The molecule has 1 atom stereocenters. The standard InChI is InChI=1S/C13H25N3O2S/c1-9(2)11(14)12(18)15-7-10(17)16-8-13(19-3)5-4-6-13/h9,11H,4-8,14H2,1-3H3,(H,15,18)(H,16,17)/t11-/m0/s1. The third kappa shape index (κ3) is 4.69. The molecule has 2 amide bonds. The molecule has 0 spiro atoms. The van der Waals surface area contributed by atoms with Gasteiger partial charge in [-0.3, -0.25) is 9.59 Å². The molecule has 0 aromatic heterocycles. The van der Waals surface area contributed by atoms with Crippen molar-refractivity contribution in [3.05, 3.63) is 0 Å². The third-order valence-corrected chi connectivity index (χ3v) is 5.17. The summed E-state index contributed by atoms with van der Waals surface area (Å²) in [6.45, 7) is 4.44. The van der Waals surface area contributed by atoms with E-state index in [4.69, 9.17) is 5.73 Å². The van der Waals surface area contributed by atoms with Gasteiger partial charge in [0.15, 0.2) is 0 Å². The molecule has 1 aliphatic rings. The number of nitrogens with one attached hydrogen (secondary N) is 2. The number of carbonyl (C=O) groups excluding carboxylic acids is 2. The van der Waals surface area contributed by atoms with Gasteiger partial charge in [-0.25, -0.2) is 0 Å². The molecule has 0 radical (unpaired) electrons. The molecule has 0 aromatic rings. The lowest BCUT2D eigenvalue weighted by atomic mass is 9.84. The molecule has 5 nitrogen and oxygen atoms in total. The molecule has 6 heteroatoms. The van der Waals surface area contributed by atoms with Gasteiger partial charge >= 0.3 is 0 Å². The molecule has 0 bridgehead atoms. The quantitative estimate of drug-likeness (QED) is 0.636. The predicted octanol–water partition coefficient (Wildman–Crippen LogP) is 0.488. The Balaban J connectivity index is 2.23. The summed E-state index contributed by atoms with van der Waals surface area (Å²) in [6.07, 6.45) is 5.61. The van der Waals surface area contributed by atoms with Crippen LogP contribution in [0.25, 0.3) is 0 Å². The molecule has 0 aliphatic heterocycles. The summed E-state index contributed by atoms with van der Waals surface area (Å²) in [5, 5.41) is 5.46. The molecule has 0 unspecified atom stereocenters. The maximum Gasteiger partial charge on any atom is 0.239 e. The second-order valence-electron chi connectivity index (χ2n) is 5.51. The Morgan fingerprint density at radius 3 is 2.37 bits per heavy atom. The molecule has 0 heterocycles. The molecule has 19 heavy (non-hydrogen) atoms. The number of rotatable bonds is 7. The summed E-state index contributed by atoms with van der Waals surface area (Å²) in [5.41, 5.74) is 5.69. The SMILES string of the molecule is CSC1(CNC(=O)CNC(=O)[C@@H](N)C(C)C)CCC1. The van der Waals surface area contributed by atoms with Gasteiger partial charge in [0.25, 0.3) is 0 Å². The summed E-state index contributed by atoms with van der Waals surface area (Å²) in [7, 11) is 0. The normalized spacial score (nSPS) is 18.6. The molecular formula is C13H25N3O2S. The van der Waals surface area contributed by atoms with Crippen molar-refractivity contribution in [2.24, 2.45) is 11.7 Å². The van der Waals surface area contributed by atoms with Crippen LogP contribution >= 0.6 is 11.8 Å². The molecule has 0 aromatic carbocycles. The van der Waals surface area contributed by atoms with E-state index in [1.54, 1.807) is 0 Å². The molecule has 0 saturated heterocycles. The van der Waals surface area contributed by atoms with Crippen molar-refractivity contribution < 1.29 is 9.59 Å². The van der Waals surface area contributed by atoms with Crippen molar-refractivity contribution in [3.8, 4) is 0 Å². The second-order valence-corrected chi connectivity index (χ2v) is 6.78. The number of nitrogens with two attached hydrogens (primary N) is 1. The fourth-order valence-corrected chi connectivity index (χ4v) is 2.85. The topological polar surface area (TPSA) is 84.2 Å². The van der Waals surface area contributed by atoms with Crippen LogP contribution in [-0.2, 0) is 9.59 Å². The van der Waals surface area contributed by atoms with E-state index in [-0.39, 0.29) is 29.0 Å². The van der Waals surface area contributed by atoms with E-state index in [2.05, 4.69) is 16.9 Å². The number of thioether (sulfide) groups is 1. The lowest BCUT2D eigenvalue weighted by Gasteiger charge is -2.40. The molecule has 1 rings (SSSR count). The number of hydrogen-bond donors (Lipinski definition) is 3. The first-order valence-electron chi connectivity index (χ1n) is 6.75. The van der Waals surface area contributed by atoms with Crippen LogP contribution in [0.2, 0.25) is 0 Å². The zero-order valence-corrected chi connectivity index (χ0v) is 12.8. The first-order valence-corrected chi connectivity index (χ1v) is 7.98. The van der Waals surface area contributed by atoms with E-state index in [1.807, 2.05) is 25.6 Å². The molecule has 1 saturated carbocycles. The highest BCUT2D eigenvalue weighted by Gasteiger charge is 2.36. The third-order valence-electron chi connectivity index (χ3n) is 3.75. The minimum atomic E-state index is -0.558. The van der Waals surface area contributed by atoms with Gasteiger partial charge in [0.1, 0.15) is 0 Å². The van der Waals surface area contributed by atoms with Crippen LogP contribution in [0.4, 0.5) is 0 Å². The highest BCUT2D eigenvalue weighted by molar-refractivity contribution is 8.00. The van der Waals surface area contributed by atoms with Crippen LogP contribution in [-0.4, -0.2) is 41.9 Å². The minimum Gasteiger partial charge on any atom is -0.353 e. The Labute approximate surface area is 119 Å². The fourth-order valence-electron chi connectivity index (χ4n) is 1.93. The molecule has 1 aliphatic carbocycles. The van der Waals surface area contributed by atoms with Gasteiger partial charge in [0, 0.05) is 11.3 Å². The maximum atomic E-state index is 11.7. The summed E-state index contributed by atoms with van der Waals surface area (Å²) < 4.78 is 0.216. The van der Waals surface area contributed by atoms with Crippen molar-refractivity contribution in [3.63, 3.8) is 0 Å². The van der Waals surface area contributed by atoms with Crippen molar-refractivity contribution in [2.45, 2.75) is 43.9 Å². The zero-order chi connectivity index (χ0) is 14.5. The van der Waals surface area contributed by atoms with Gasteiger partial charge in [-0.2, -0.15) is 11.8 Å². The lowest BCUT2D eigenvalue weighted by molar-refractivity contribution is -0.127. The van der Waals surface area contributed by atoms with Crippen molar-refractivity contribution in [1.82, 2.24) is 10.6 Å². The highest BCUT2D eigenvalue weighted by Crippen LogP contribution is 2.42. The van der Waals surface area contributed by atoms with Crippen LogP contribution in [0, 0.1) is 5.92 Å². The van der Waals surface area contributed by atoms with Gasteiger partial charge in [-0.15, -0.1) is 0 Å². The fraction of sp³-hybridized carbons (Fsp3) is 0.846. The second kappa shape index (κ2) is 7.14. The highest BCUT2D eigenvalue weighted by atomic mass is 32.2. The van der Waals surface area contributed by atoms with Gasteiger partial charge in [0.2, 0.25) is 11.8 Å². The van der Waals surface area contributed by atoms with Gasteiger partial charge in [0.05, 0.1) is 12.6 Å². The monoisotopic (exact) mass is 287 g/mol. The summed E-state index contributed by atoms with van der Waals surface area (Å²) in [5.74, 6) is -0.351. The first kappa shape index (κ1) is 16.3. The van der Waals surface area contributed by atoms with Crippen LogP contribution in [0.15, 0.2) is 0 Å². The van der Waals surface area contributed by atoms with E-state index >= 15 is 0 Å². The predicted molar refractivity (Wildman–Crippen MR) is 78.9 cm³/mol. The van der Waals surface area contributed by atoms with E-state index < -0.39 is 6.04 Å². The Bertz CT molecular complexity index is 324. The summed E-state index contributed by atoms with van der Waals surface area (Å²) >= 11 is 1.81. The summed E-state index contributed by atoms with van der Waals surface area (Å²) in [4.78, 5) is 23.3. The van der Waals surface area contributed by atoms with Crippen LogP contribution in [0.3, 0.4) is 0 Å². The van der Waals surface area contributed by atoms with E-state index in [1.165, 1.54) is 6.42 Å². The van der Waals surface area contributed by atoms with Crippen LogP contribution < -0.4 is 16.4 Å². The molecule has 4 N–H and O–H groups in total. The average Bonchev–Trinajstić information content (AvgIpc) is 2.34. The molecule has 110 valence electrons. The minimum absolute atomic E-state index is 0.00368. The zero-order valence-electron chi connectivity index (χ0n) is 12.0. The maximum absolute atomic E-state index is 11.7. The molecule has 1 fully saturated rings. The number of amides is 2. The lowest BCUT2D eigenvalue weighted by Crippen LogP contribution is -2.50. The Morgan fingerprint density at radius 1 is 1.32 bits per heavy atom. The molecular weight excluding hydrogens is 262 g/mol. The number of carbonyl (C=O) groups is 2.